The molecule has 1 unspecified atom stereocenters. The number of hydrogen-bond acceptors (Lipinski definition) is 3. The average molecular weight is 153 g/mol. The van der Waals surface area contributed by atoms with E-state index < -0.39 is 0 Å². The van der Waals surface area contributed by atoms with E-state index in [4.69, 9.17) is 5.73 Å². The molecule has 0 spiro atoms. The van der Waals surface area contributed by atoms with Crippen LogP contribution in [0.1, 0.15) is 19.8 Å². The van der Waals surface area contributed by atoms with Gasteiger partial charge in [0, 0.05) is 12.7 Å². The van der Waals surface area contributed by atoms with Crippen LogP contribution in [0.25, 0.3) is 0 Å². The summed E-state index contributed by atoms with van der Waals surface area (Å²) in [6, 6.07) is 0. The topological polar surface area (TPSA) is 41.6 Å². The summed E-state index contributed by atoms with van der Waals surface area (Å²) in [5.41, 5.74) is 5.77. The maximum atomic E-state index is 5.77. The number of nitrogens with zero attached hydrogens (tertiary/aromatic N) is 2. The quantitative estimate of drug-likeness (QED) is 0.655. The summed E-state index contributed by atoms with van der Waals surface area (Å²) < 4.78 is 0. The SMILES string of the molecule is CCCCN1C=NC=CC1N. The van der Waals surface area contributed by atoms with Crippen molar-refractivity contribution in [2.45, 2.75) is 25.9 Å². The number of aliphatic imine (C=N–C) groups is 1. The lowest BCUT2D eigenvalue weighted by atomic mass is 10.3. The van der Waals surface area contributed by atoms with Crippen LogP contribution in [0.15, 0.2) is 17.3 Å². The molecule has 1 atom stereocenters. The molecule has 0 saturated carbocycles. The van der Waals surface area contributed by atoms with E-state index in [-0.39, 0.29) is 6.17 Å². The van der Waals surface area contributed by atoms with Crippen LogP contribution in [0, 0.1) is 0 Å². The Morgan fingerprint density at radius 2 is 2.45 bits per heavy atom. The molecule has 2 N–H and O–H groups in total. The average Bonchev–Trinajstić information content (AvgIpc) is 2.03. The van der Waals surface area contributed by atoms with Gasteiger partial charge in [0.05, 0.1) is 12.5 Å². The van der Waals surface area contributed by atoms with Gasteiger partial charge < -0.3 is 10.6 Å². The molecule has 0 amide bonds. The highest BCUT2D eigenvalue weighted by atomic mass is 15.2. The minimum absolute atomic E-state index is 0.0269. The minimum atomic E-state index is 0.0269. The molecule has 3 heteroatoms. The van der Waals surface area contributed by atoms with E-state index in [1.54, 1.807) is 12.5 Å². The van der Waals surface area contributed by atoms with Crippen molar-refractivity contribution in [3.63, 3.8) is 0 Å². The van der Waals surface area contributed by atoms with Crippen LogP contribution in [0.3, 0.4) is 0 Å². The molecule has 0 aromatic rings. The van der Waals surface area contributed by atoms with Crippen LogP contribution in [0.2, 0.25) is 0 Å². The predicted octanol–water partition coefficient (Wildman–Crippen LogP) is 0.929. The monoisotopic (exact) mass is 153 g/mol. The zero-order valence-electron chi connectivity index (χ0n) is 6.90. The van der Waals surface area contributed by atoms with Crippen molar-refractivity contribution in [2.75, 3.05) is 6.54 Å². The molecular formula is C8H15N3. The Balaban J connectivity index is 2.33. The number of nitrogens with two attached hydrogens (primary N) is 1. The molecule has 0 aromatic heterocycles. The van der Waals surface area contributed by atoms with E-state index in [2.05, 4.69) is 11.9 Å². The van der Waals surface area contributed by atoms with Crippen molar-refractivity contribution >= 4 is 6.34 Å². The van der Waals surface area contributed by atoms with Gasteiger partial charge in [-0.3, -0.25) is 0 Å². The molecule has 1 rings (SSSR count). The molecule has 0 fully saturated rings. The molecule has 1 heterocycles. The predicted molar refractivity (Wildman–Crippen MR) is 47.2 cm³/mol. The normalized spacial score (nSPS) is 22.7. The van der Waals surface area contributed by atoms with Crippen LogP contribution >= 0.6 is 0 Å². The molecule has 0 bridgehead atoms. The Hall–Kier alpha value is -0.830. The Kier molecular flexibility index (Phi) is 3.11. The third-order valence-electron chi connectivity index (χ3n) is 1.74. The third-order valence-corrected chi connectivity index (χ3v) is 1.74. The van der Waals surface area contributed by atoms with Crippen molar-refractivity contribution in [2.24, 2.45) is 10.7 Å². The highest BCUT2D eigenvalue weighted by Gasteiger charge is 2.08. The van der Waals surface area contributed by atoms with Crippen LogP contribution in [0.5, 0.6) is 0 Å². The van der Waals surface area contributed by atoms with Crippen molar-refractivity contribution in [3.8, 4) is 0 Å². The Morgan fingerprint density at radius 1 is 1.64 bits per heavy atom. The van der Waals surface area contributed by atoms with Gasteiger partial charge in [-0.15, -0.1) is 0 Å². The van der Waals surface area contributed by atoms with E-state index in [1.165, 1.54) is 12.8 Å². The van der Waals surface area contributed by atoms with Crippen LogP contribution < -0.4 is 5.73 Å². The summed E-state index contributed by atoms with van der Waals surface area (Å²) in [7, 11) is 0. The highest BCUT2D eigenvalue weighted by molar-refractivity contribution is 5.58. The fraction of sp³-hybridized carbons (Fsp3) is 0.625. The van der Waals surface area contributed by atoms with Gasteiger partial charge in [-0.2, -0.15) is 0 Å². The summed E-state index contributed by atoms with van der Waals surface area (Å²) in [5, 5.41) is 0. The molecule has 3 nitrogen and oxygen atoms in total. The molecule has 1 aliphatic rings. The third kappa shape index (κ3) is 2.35. The van der Waals surface area contributed by atoms with Gasteiger partial charge in [0.2, 0.25) is 0 Å². The van der Waals surface area contributed by atoms with Gasteiger partial charge in [0.15, 0.2) is 0 Å². The first kappa shape index (κ1) is 8.27. The number of rotatable bonds is 3. The molecule has 0 radical (unpaired) electrons. The number of unbranched alkanes of at least 4 members (excludes halogenated alkanes) is 1. The molecule has 0 aliphatic carbocycles. The minimum Gasteiger partial charge on any atom is -0.344 e. The first-order valence-electron chi connectivity index (χ1n) is 4.06. The van der Waals surface area contributed by atoms with Gasteiger partial charge in [-0.1, -0.05) is 13.3 Å². The second-order valence-corrected chi connectivity index (χ2v) is 2.69. The van der Waals surface area contributed by atoms with Crippen molar-refractivity contribution in [1.82, 2.24) is 4.90 Å². The van der Waals surface area contributed by atoms with Gasteiger partial charge >= 0.3 is 0 Å². The summed E-state index contributed by atoms with van der Waals surface area (Å²) in [5.74, 6) is 0. The lowest BCUT2D eigenvalue weighted by molar-refractivity contribution is 0.363. The van der Waals surface area contributed by atoms with Gasteiger partial charge in [0.25, 0.3) is 0 Å². The Bertz CT molecular complexity index is 163. The molecule has 1 aliphatic heterocycles. The Morgan fingerprint density at radius 3 is 3.09 bits per heavy atom. The van der Waals surface area contributed by atoms with Crippen LogP contribution in [0.4, 0.5) is 0 Å². The lowest BCUT2D eigenvalue weighted by Crippen LogP contribution is -2.41. The zero-order valence-corrected chi connectivity index (χ0v) is 6.90. The zero-order chi connectivity index (χ0) is 8.10. The second kappa shape index (κ2) is 4.13. The summed E-state index contributed by atoms with van der Waals surface area (Å²) in [4.78, 5) is 6.05. The molecule has 0 aromatic carbocycles. The standard InChI is InChI=1S/C8H15N3/c1-2-3-6-11-7-10-5-4-8(11)9/h4-5,7-8H,2-3,6,9H2,1H3. The second-order valence-electron chi connectivity index (χ2n) is 2.69. The van der Waals surface area contributed by atoms with Crippen molar-refractivity contribution in [3.05, 3.63) is 12.3 Å². The maximum Gasteiger partial charge on any atom is 0.0987 e. The number of hydrogen-bond donors (Lipinski definition) is 1. The van der Waals surface area contributed by atoms with Gasteiger partial charge in [-0.25, -0.2) is 4.99 Å². The smallest absolute Gasteiger partial charge is 0.0987 e. The van der Waals surface area contributed by atoms with E-state index >= 15 is 0 Å². The Labute approximate surface area is 67.6 Å². The fourth-order valence-electron chi connectivity index (χ4n) is 0.997. The van der Waals surface area contributed by atoms with Crippen LogP contribution in [-0.2, 0) is 0 Å². The van der Waals surface area contributed by atoms with E-state index in [9.17, 15) is 0 Å². The van der Waals surface area contributed by atoms with Gasteiger partial charge in [-0.05, 0) is 12.5 Å². The molecule has 62 valence electrons. The summed E-state index contributed by atoms with van der Waals surface area (Å²) in [6.07, 6.45) is 7.84. The molecule has 0 saturated heterocycles. The van der Waals surface area contributed by atoms with Gasteiger partial charge in [0.1, 0.15) is 0 Å². The van der Waals surface area contributed by atoms with E-state index in [0.717, 1.165) is 6.54 Å². The first-order valence-corrected chi connectivity index (χ1v) is 4.06. The van der Waals surface area contributed by atoms with E-state index in [1.807, 2.05) is 11.0 Å². The molecule has 11 heavy (non-hydrogen) atoms. The maximum absolute atomic E-state index is 5.77. The largest absolute Gasteiger partial charge is 0.344 e. The highest BCUT2D eigenvalue weighted by Crippen LogP contribution is 2.00. The van der Waals surface area contributed by atoms with Crippen molar-refractivity contribution in [1.29, 1.82) is 0 Å². The van der Waals surface area contributed by atoms with Crippen molar-refractivity contribution < 1.29 is 0 Å². The molecular weight excluding hydrogens is 138 g/mol. The fourth-order valence-corrected chi connectivity index (χ4v) is 0.997. The summed E-state index contributed by atoms with van der Waals surface area (Å²) in [6.45, 7) is 3.17. The lowest BCUT2D eigenvalue weighted by Gasteiger charge is -2.25. The summed E-state index contributed by atoms with van der Waals surface area (Å²) >= 11 is 0. The van der Waals surface area contributed by atoms with Crippen LogP contribution in [-0.4, -0.2) is 23.9 Å². The first-order chi connectivity index (χ1) is 5.34. The van der Waals surface area contributed by atoms with E-state index in [0.29, 0.717) is 0 Å².